The number of rotatable bonds is 1. The maximum Gasteiger partial charge on any atom is 0.410 e. The zero-order chi connectivity index (χ0) is 15.7. The molecule has 1 aliphatic heterocycles. The molecule has 1 atom stereocenters. The van der Waals surface area contributed by atoms with Gasteiger partial charge in [0.1, 0.15) is 11.2 Å². The average molecular weight is 291 g/mol. The van der Waals surface area contributed by atoms with Crippen molar-refractivity contribution < 1.29 is 14.6 Å². The Labute approximate surface area is 126 Å². The number of hydrogen-bond donors (Lipinski definition) is 1. The Bertz CT molecular complexity index is 521. The first-order valence-electron chi connectivity index (χ1n) is 7.48. The van der Waals surface area contributed by atoms with Crippen molar-refractivity contribution in [3.8, 4) is 0 Å². The highest BCUT2D eigenvalue weighted by atomic mass is 16.6. The fourth-order valence-corrected chi connectivity index (χ4v) is 2.83. The highest BCUT2D eigenvalue weighted by molar-refractivity contribution is 5.68. The molecular weight excluding hydrogens is 266 g/mol. The normalized spacial score (nSPS) is 23.0. The van der Waals surface area contributed by atoms with Crippen molar-refractivity contribution in [2.24, 2.45) is 0 Å². The molecule has 1 N–H and O–H groups in total. The Kier molecular flexibility index (Phi) is 4.28. The first-order valence-corrected chi connectivity index (χ1v) is 7.48. The topological polar surface area (TPSA) is 49.8 Å². The van der Waals surface area contributed by atoms with E-state index in [2.05, 4.69) is 0 Å². The fourth-order valence-electron chi connectivity index (χ4n) is 2.83. The largest absolute Gasteiger partial charge is 0.444 e. The molecule has 1 amide bonds. The lowest BCUT2D eigenvalue weighted by atomic mass is 9.83. The quantitative estimate of drug-likeness (QED) is 0.864. The SMILES string of the molecule is Cc1ccccc1C1(O)CCCN(C(=O)OC(C)(C)C)C1. The van der Waals surface area contributed by atoms with E-state index in [4.69, 9.17) is 4.74 Å². The smallest absolute Gasteiger partial charge is 0.410 e. The molecule has 2 rings (SSSR count). The number of piperidine rings is 1. The maximum absolute atomic E-state index is 12.2. The summed E-state index contributed by atoms with van der Waals surface area (Å²) < 4.78 is 5.41. The molecule has 1 aromatic carbocycles. The van der Waals surface area contributed by atoms with E-state index in [9.17, 15) is 9.90 Å². The van der Waals surface area contributed by atoms with Crippen molar-refractivity contribution >= 4 is 6.09 Å². The Morgan fingerprint density at radius 2 is 2.00 bits per heavy atom. The average Bonchev–Trinajstić information content (AvgIpc) is 2.37. The Morgan fingerprint density at radius 1 is 1.33 bits per heavy atom. The first-order chi connectivity index (χ1) is 9.71. The summed E-state index contributed by atoms with van der Waals surface area (Å²) in [6, 6.07) is 7.80. The molecular formula is C17H25NO3. The molecule has 1 heterocycles. The third-order valence-electron chi connectivity index (χ3n) is 3.77. The molecule has 0 radical (unpaired) electrons. The van der Waals surface area contributed by atoms with Crippen molar-refractivity contribution in [3.05, 3.63) is 35.4 Å². The number of nitrogens with zero attached hydrogens (tertiary/aromatic N) is 1. The molecule has 0 bridgehead atoms. The standard InChI is InChI=1S/C17H25NO3/c1-13-8-5-6-9-14(13)17(20)10-7-11-18(12-17)15(19)21-16(2,3)4/h5-6,8-9,20H,7,10-12H2,1-4H3. The Balaban J connectivity index is 2.17. The van der Waals surface area contributed by atoms with Crippen LogP contribution < -0.4 is 0 Å². The maximum atomic E-state index is 12.2. The number of aliphatic hydroxyl groups is 1. The number of ether oxygens (including phenoxy) is 1. The molecule has 0 spiro atoms. The summed E-state index contributed by atoms with van der Waals surface area (Å²) in [7, 11) is 0. The van der Waals surface area contributed by atoms with E-state index in [0.29, 0.717) is 13.0 Å². The lowest BCUT2D eigenvalue weighted by Gasteiger charge is -2.40. The van der Waals surface area contributed by atoms with Gasteiger partial charge < -0.3 is 14.7 Å². The number of hydrogen-bond acceptors (Lipinski definition) is 3. The molecule has 0 aliphatic carbocycles. The molecule has 1 unspecified atom stereocenters. The molecule has 116 valence electrons. The summed E-state index contributed by atoms with van der Waals surface area (Å²) in [5, 5.41) is 11.0. The van der Waals surface area contributed by atoms with Gasteiger partial charge in [-0.25, -0.2) is 4.79 Å². The van der Waals surface area contributed by atoms with Crippen molar-refractivity contribution in [2.45, 2.75) is 51.7 Å². The molecule has 1 fully saturated rings. The number of benzene rings is 1. The van der Waals surface area contributed by atoms with Gasteiger partial charge in [-0.1, -0.05) is 24.3 Å². The summed E-state index contributed by atoms with van der Waals surface area (Å²) in [6.07, 6.45) is 1.08. The lowest BCUT2D eigenvalue weighted by Crippen LogP contribution is -2.50. The fraction of sp³-hybridized carbons (Fsp3) is 0.588. The summed E-state index contributed by atoms with van der Waals surface area (Å²) in [5.74, 6) is 0. The Hall–Kier alpha value is -1.55. The van der Waals surface area contributed by atoms with Crippen molar-refractivity contribution in [3.63, 3.8) is 0 Å². The van der Waals surface area contributed by atoms with Gasteiger partial charge in [0.2, 0.25) is 0 Å². The van der Waals surface area contributed by atoms with Crippen molar-refractivity contribution in [1.29, 1.82) is 0 Å². The van der Waals surface area contributed by atoms with Crippen LogP contribution in [0.3, 0.4) is 0 Å². The van der Waals surface area contributed by atoms with Gasteiger partial charge >= 0.3 is 6.09 Å². The lowest BCUT2D eigenvalue weighted by molar-refractivity contribution is -0.0468. The number of carbonyl (C=O) groups is 1. The predicted octanol–water partition coefficient (Wildman–Crippen LogP) is 3.21. The molecule has 1 aromatic rings. The van der Waals surface area contributed by atoms with Crippen molar-refractivity contribution in [2.75, 3.05) is 13.1 Å². The minimum absolute atomic E-state index is 0.284. The van der Waals surface area contributed by atoms with Crippen LogP contribution in [-0.2, 0) is 10.3 Å². The van der Waals surface area contributed by atoms with Crippen LogP contribution >= 0.6 is 0 Å². The van der Waals surface area contributed by atoms with Crippen LogP contribution in [-0.4, -0.2) is 34.8 Å². The number of likely N-dealkylation sites (tertiary alicyclic amines) is 1. The van der Waals surface area contributed by atoms with E-state index in [1.165, 1.54) is 0 Å². The second-order valence-corrected chi connectivity index (χ2v) is 6.85. The highest BCUT2D eigenvalue weighted by Gasteiger charge is 2.38. The monoisotopic (exact) mass is 291 g/mol. The van der Waals surface area contributed by atoms with Crippen LogP contribution in [0, 0.1) is 6.92 Å². The number of amides is 1. The van der Waals surface area contributed by atoms with E-state index in [1.807, 2.05) is 52.0 Å². The van der Waals surface area contributed by atoms with Crippen LogP contribution in [0.25, 0.3) is 0 Å². The summed E-state index contributed by atoms with van der Waals surface area (Å²) in [6.45, 7) is 8.45. The molecule has 0 saturated carbocycles. The number of β-amino-alcohol motifs (C(OH)–C–C–N with tert-alkyl or cyclic N) is 1. The first kappa shape index (κ1) is 15.8. The molecule has 21 heavy (non-hydrogen) atoms. The van der Waals surface area contributed by atoms with E-state index in [1.54, 1.807) is 4.90 Å². The van der Waals surface area contributed by atoms with Crippen LogP contribution in [0.5, 0.6) is 0 Å². The van der Waals surface area contributed by atoms with E-state index in [0.717, 1.165) is 17.5 Å². The van der Waals surface area contributed by atoms with Crippen molar-refractivity contribution in [1.82, 2.24) is 4.90 Å². The van der Waals surface area contributed by atoms with Gasteiger partial charge in [0.05, 0.1) is 6.54 Å². The third kappa shape index (κ3) is 3.76. The van der Waals surface area contributed by atoms with Gasteiger partial charge in [-0.3, -0.25) is 0 Å². The van der Waals surface area contributed by atoms with Crippen LogP contribution in [0.2, 0.25) is 0 Å². The van der Waals surface area contributed by atoms with Crippen LogP contribution in [0.15, 0.2) is 24.3 Å². The molecule has 1 aliphatic rings. The highest BCUT2D eigenvalue weighted by Crippen LogP contribution is 2.33. The van der Waals surface area contributed by atoms with Gasteiger partial charge in [0.15, 0.2) is 0 Å². The minimum atomic E-state index is -0.986. The zero-order valence-corrected chi connectivity index (χ0v) is 13.3. The molecule has 4 heteroatoms. The number of carbonyl (C=O) groups excluding carboxylic acids is 1. The van der Waals surface area contributed by atoms with Gasteiger partial charge in [-0.2, -0.15) is 0 Å². The van der Waals surface area contributed by atoms with Crippen LogP contribution in [0.1, 0.15) is 44.7 Å². The van der Waals surface area contributed by atoms with E-state index in [-0.39, 0.29) is 12.6 Å². The second kappa shape index (κ2) is 5.68. The second-order valence-electron chi connectivity index (χ2n) is 6.85. The summed E-state index contributed by atoms with van der Waals surface area (Å²) in [4.78, 5) is 13.8. The van der Waals surface area contributed by atoms with E-state index < -0.39 is 11.2 Å². The van der Waals surface area contributed by atoms with E-state index >= 15 is 0 Å². The molecule has 0 aromatic heterocycles. The van der Waals surface area contributed by atoms with Gasteiger partial charge in [0.25, 0.3) is 0 Å². The summed E-state index contributed by atoms with van der Waals surface area (Å²) in [5.41, 5.74) is 0.444. The third-order valence-corrected chi connectivity index (χ3v) is 3.77. The predicted molar refractivity (Wildman–Crippen MR) is 82.1 cm³/mol. The number of aryl methyl sites for hydroxylation is 1. The van der Waals surface area contributed by atoms with Crippen LogP contribution in [0.4, 0.5) is 4.79 Å². The zero-order valence-electron chi connectivity index (χ0n) is 13.3. The van der Waals surface area contributed by atoms with Gasteiger partial charge in [-0.05, 0) is 51.7 Å². The van der Waals surface area contributed by atoms with Gasteiger partial charge in [0, 0.05) is 6.54 Å². The minimum Gasteiger partial charge on any atom is -0.444 e. The molecule has 1 saturated heterocycles. The summed E-state index contributed by atoms with van der Waals surface area (Å²) >= 11 is 0. The Morgan fingerprint density at radius 3 is 2.62 bits per heavy atom. The van der Waals surface area contributed by atoms with Gasteiger partial charge in [-0.15, -0.1) is 0 Å². The molecule has 4 nitrogen and oxygen atoms in total.